The molecule has 0 radical (unpaired) electrons. The van der Waals surface area contributed by atoms with Crippen molar-refractivity contribution in [1.82, 2.24) is 9.80 Å². The minimum absolute atomic E-state index is 0.0436. The van der Waals surface area contributed by atoms with Crippen LogP contribution < -0.4 is 4.90 Å². The lowest BCUT2D eigenvalue weighted by atomic mass is 10.00. The normalized spacial score (nSPS) is 14.5. The van der Waals surface area contributed by atoms with E-state index in [2.05, 4.69) is 9.80 Å². The van der Waals surface area contributed by atoms with Crippen molar-refractivity contribution in [3.8, 4) is 5.75 Å². The second kappa shape index (κ2) is 12.0. The summed E-state index contributed by atoms with van der Waals surface area (Å²) in [7, 11) is 0. The molecule has 5 nitrogen and oxygen atoms in total. The number of benzene rings is 3. The number of amides is 1. The topological polar surface area (TPSA) is 47.0 Å². The number of nitrogens with zero attached hydrogens (tertiary/aromatic N) is 3. The summed E-state index contributed by atoms with van der Waals surface area (Å²) >= 11 is 0. The Labute approximate surface area is 213 Å². The van der Waals surface area contributed by atoms with Gasteiger partial charge in [-0.15, -0.1) is 0 Å². The molecule has 4 rings (SSSR count). The van der Waals surface area contributed by atoms with Gasteiger partial charge in [0.25, 0.3) is 5.91 Å². The Balaban J connectivity index is 1.48. The van der Waals surface area contributed by atoms with Crippen molar-refractivity contribution in [2.45, 2.75) is 39.2 Å². The molecule has 0 aliphatic carbocycles. The predicted octanol–water partition coefficient (Wildman–Crippen LogP) is 5.86. The standard InChI is InChI=1S/C30H36FN3O2/c1-3-33(4-2)30(36)24-11-13-26(14-12-24)34(28-9-6-10-29(35)22-28)27-16-19-32(20-17-27)18-15-23-7-5-8-25(31)21-23/h5-14,21-22,27,35H,3-4,15-20H2,1-2H3. The molecule has 3 aromatic rings. The third kappa shape index (κ3) is 6.24. The molecule has 0 aromatic heterocycles. The molecular weight excluding hydrogens is 453 g/mol. The molecule has 0 saturated carbocycles. The van der Waals surface area contributed by atoms with Crippen LogP contribution in [0.1, 0.15) is 42.6 Å². The van der Waals surface area contributed by atoms with Crippen LogP contribution in [0.4, 0.5) is 15.8 Å². The van der Waals surface area contributed by atoms with Crippen LogP contribution in [-0.2, 0) is 6.42 Å². The van der Waals surface area contributed by atoms with Crippen LogP contribution in [0.25, 0.3) is 0 Å². The SMILES string of the molecule is CCN(CC)C(=O)c1ccc(N(c2cccc(O)c2)C2CCN(CCc3cccc(F)c3)CC2)cc1. The molecule has 1 N–H and O–H groups in total. The van der Waals surface area contributed by atoms with Gasteiger partial charge in [-0.1, -0.05) is 18.2 Å². The van der Waals surface area contributed by atoms with E-state index in [1.54, 1.807) is 24.3 Å². The Kier molecular flexibility index (Phi) is 8.60. The van der Waals surface area contributed by atoms with Gasteiger partial charge in [-0.2, -0.15) is 0 Å². The van der Waals surface area contributed by atoms with Crippen LogP contribution in [0.3, 0.4) is 0 Å². The maximum atomic E-state index is 13.5. The second-order valence-corrected chi connectivity index (χ2v) is 9.37. The first kappa shape index (κ1) is 25.7. The van der Waals surface area contributed by atoms with Crippen molar-refractivity contribution in [1.29, 1.82) is 0 Å². The second-order valence-electron chi connectivity index (χ2n) is 9.37. The summed E-state index contributed by atoms with van der Waals surface area (Å²) < 4.78 is 13.5. The summed E-state index contributed by atoms with van der Waals surface area (Å²) in [4.78, 5) is 19.3. The van der Waals surface area contributed by atoms with Gasteiger partial charge < -0.3 is 19.8 Å². The lowest BCUT2D eigenvalue weighted by Crippen LogP contribution is -2.43. The number of anilines is 2. The number of phenols is 1. The summed E-state index contributed by atoms with van der Waals surface area (Å²) in [6.45, 7) is 8.16. The van der Waals surface area contributed by atoms with Crippen molar-refractivity contribution in [2.24, 2.45) is 0 Å². The van der Waals surface area contributed by atoms with E-state index < -0.39 is 0 Å². The van der Waals surface area contributed by atoms with E-state index in [1.165, 1.54) is 6.07 Å². The zero-order chi connectivity index (χ0) is 25.5. The average molecular weight is 490 g/mol. The third-order valence-electron chi connectivity index (χ3n) is 7.08. The minimum Gasteiger partial charge on any atom is -0.508 e. The van der Waals surface area contributed by atoms with Gasteiger partial charge in [0.1, 0.15) is 11.6 Å². The molecule has 1 saturated heterocycles. The maximum Gasteiger partial charge on any atom is 0.253 e. The molecule has 1 aliphatic rings. The number of likely N-dealkylation sites (tertiary alicyclic amines) is 1. The summed E-state index contributed by atoms with van der Waals surface area (Å²) in [5.41, 5.74) is 3.66. The first-order chi connectivity index (χ1) is 17.5. The monoisotopic (exact) mass is 489 g/mol. The largest absolute Gasteiger partial charge is 0.508 e. The van der Waals surface area contributed by atoms with Crippen LogP contribution in [0, 0.1) is 5.82 Å². The van der Waals surface area contributed by atoms with Crippen LogP contribution in [-0.4, -0.2) is 59.6 Å². The smallest absolute Gasteiger partial charge is 0.253 e. The molecule has 1 aliphatic heterocycles. The van der Waals surface area contributed by atoms with Crippen LogP contribution in [0.15, 0.2) is 72.8 Å². The molecule has 36 heavy (non-hydrogen) atoms. The number of phenolic OH excluding ortho intramolecular Hbond substituents is 1. The maximum absolute atomic E-state index is 13.5. The fourth-order valence-electron chi connectivity index (χ4n) is 5.05. The summed E-state index contributed by atoms with van der Waals surface area (Å²) in [6, 6.07) is 22.3. The summed E-state index contributed by atoms with van der Waals surface area (Å²) in [6.07, 6.45) is 2.78. The van der Waals surface area contributed by atoms with E-state index in [9.17, 15) is 14.3 Å². The van der Waals surface area contributed by atoms with E-state index in [-0.39, 0.29) is 23.5 Å². The van der Waals surface area contributed by atoms with Crippen molar-refractivity contribution in [3.63, 3.8) is 0 Å². The highest BCUT2D eigenvalue weighted by molar-refractivity contribution is 5.94. The van der Waals surface area contributed by atoms with Crippen molar-refractivity contribution >= 4 is 17.3 Å². The zero-order valence-electron chi connectivity index (χ0n) is 21.2. The number of hydrogen-bond donors (Lipinski definition) is 1. The number of rotatable bonds is 9. The molecule has 0 atom stereocenters. The van der Waals surface area contributed by atoms with E-state index in [4.69, 9.17) is 0 Å². The van der Waals surface area contributed by atoms with Gasteiger partial charge in [0.15, 0.2) is 0 Å². The van der Waals surface area contributed by atoms with E-state index in [1.807, 2.05) is 61.2 Å². The Hall–Kier alpha value is -3.38. The van der Waals surface area contributed by atoms with Crippen LogP contribution in [0.5, 0.6) is 5.75 Å². The molecule has 0 spiro atoms. The van der Waals surface area contributed by atoms with E-state index in [0.29, 0.717) is 18.7 Å². The highest BCUT2D eigenvalue weighted by Crippen LogP contribution is 2.34. The Morgan fingerprint density at radius 2 is 1.64 bits per heavy atom. The molecule has 0 unspecified atom stereocenters. The van der Waals surface area contributed by atoms with Crippen molar-refractivity contribution < 1.29 is 14.3 Å². The van der Waals surface area contributed by atoms with Gasteiger partial charge >= 0.3 is 0 Å². The van der Waals surface area contributed by atoms with Crippen molar-refractivity contribution in [3.05, 3.63) is 89.7 Å². The van der Waals surface area contributed by atoms with Crippen molar-refractivity contribution in [2.75, 3.05) is 37.6 Å². The number of hydrogen-bond acceptors (Lipinski definition) is 4. The predicted molar refractivity (Wildman–Crippen MR) is 144 cm³/mol. The van der Waals surface area contributed by atoms with Gasteiger partial charge in [-0.3, -0.25) is 4.79 Å². The Morgan fingerprint density at radius 1 is 0.944 bits per heavy atom. The van der Waals surface area contributed by atoms with Gasteiger partial charge in [-0.25, -0.2) is 4.39 Å². The van der Waals surface area contributed by atoms with E-state index >= 15 is 0 Å². The Bertz CT molecular complexity index is 1140. The fraction of sp³-hybridized carbons (Fsp3) is 0.367. The molecule has 1 heterocycles. The van der Waals surface area contributed by atoms with Crippen LogP contribution in [0.2, 0.25) is 0 Å². The molecule has 1 fully saturated rings. The quantitative estimate of drug-likeness (QED) is 0.409. The van der Waals surface area contributed by atoms with Gasteiger partial charge in [0.2, 0.25) is 0 Å². The first-order valence-corrected chi connectivity index (χ1v) is 12.9. The number of piperidine rings is 1. The van der Waals surface area contributed by atoms with E-state index in [0.717, 1.165) is 55.8 Å². The highest BCUT2D eigenvalue weighted by atomic mass is 19.1. The molecule has 0 bridgehead atoms. The molecule has 6 heteroatoms. The lowest BCUT2D eigenvalue weighted by Gasteiger charge is -2.40. The molecule has 190 valence electrons. The summed E-state index contributed by atoms with van der Waals surface area (Å²) in [5.74, 6) is 0.0956. The van der Waals surface area contributed by atoms with Gasteiger partial charge in [0, 0.05) is 61.8 Å². The number of carbonyl (C=O) groups excluding carboxylic acids is 1. The van der Waals surface area contributed by atoms with Gasteiger partial charge in [0.05, 0.1) is 0 Å². The molecular formula is C30H36FN3O2. The highest BCUT2D eigenvalue weighted by Gasteiger charge is 2.26. The average Bonchev–Trinajstić information content (AvgIpc) is 2.89. The Morgan fingerprint density at radius 3 is 2.28 bits per heavy atom. The lowest BCUT2D eigenvalue weighted by molar-refractivity contribution is 0.0773. The first-order valence-electron chi connectivity index (χ1n) is 12.9. The molecule has 1 amide bonds. The molecule has 3 aromatic carbocycles. The zero-order valence-corrected chi connectivity index (χ0v) is 21.2. The fourth-order valence-corrected chi connectivity index (χ4v) is 5.05. The number of aromatic hydroxyl groups is 1. The minimum atomic E-state index is -0.183. The van der Waals surface area contributed by atoms with Gasteiger partial charge in [-0.05, 0) is 87.2 Å². The number of halogens is 1. The van der Waals surface area contributed by atoms with Crippen LogP contribution >= 0.6 is 0 Å². The summed E-state index contributed by atoms with van der Waals surface area (Å²) in [5, 5.41) is 10.2. The third-order valence-corrected chi connectivity index (χ3v) is 7.08. The number of carbonyl (C=O) groups is 1.